The van der Waals surface area contributed by atoms with E-state index >= 15 is 0 Å². The second kappa shape index (κ2) is 10.2. The molecule has 5 heteroatoms. The number of amides is 1. The third kappa shape index (κ3) is 5.48. The van der Waals surface area contributed by atoms with Crippen LogP contribution in [-0.4, -0.2) is 37.0 Å². The van der Waals surface area contributed by atoms with Gasteiger partial charge in [0.1, 0.15) is 12.4 Å². The zero-order valence-electron chi connectivity index (χ0n) is 15.2. The Hall–Kier alpha value is -2.04. The molecule has 26 heavy (non-hydrogen) atoms. The van der Waals surface area contributed by atoms with E-state index in [1.54, 1.807) is 0 Å². The van der Waals surface area contributed by atoms with Gasteiger partial charge in [-0.1, -0.05) is 36.4 Å². The van der Waals surface area contributed by atoms with Gasteiger partial charge in [0.15, 0.2) is 0 Å². The van der Waals surface area contributed by atoms with Crippen LogP contribution >= 0.6 is 12.4 Å². The van der Waals surface area contributed by atoms with Gasteiger partial charge in [0.2, 0.25) is 0 Å². The van der Waals surface area contributed by atoms with Crippen LogP contribution in [-0.2, 0) is 6.61 Å². The third-order valence-electron chi connectivity index (χ3n) is 4.74. The lowest BCUT2D eigenvalue weighted by Crippen LogP contribution is -2.37. The van der Waals surface area contributed by atoms with Gasteiger partial charge in [-0.2, -0.15) is 0 Å². The van der Waals surface area contributed by atoms with Gasteiger partial charge >= 0.3 is 0 Å². The average molecular weight is 375 g/mol. The van der Waals surface area contributed by atoms with Crippen LogP contribution in [0.4, 0.5) is 0 Å². The molecule has 3 rings (SSSR count). The number of carbonyl (C=O) groups is 1. The van der Waals surface area contributed by atoms with E-state index in [0.29, 0.717) is 18.2 Å². The number of rotatable bonds is 5. The van der Waals surface area contributed by atoms with Crippen molar-refractivity contribution in [1.82, 2.24) is 10.2 Å². The van der Waals surface area contributed by atoms with E-state index in [4.69, 9.17) is 4.74 Å². The first-order valence-electron chi connectivity index (χ1n) is 8.99. The van der Waals surface area contributed by atoms with E-state index < -0.39 is 0 Å². The van der Waals surface area contributed by atoms with Crippen molar-refractivity contribution in [2.75, 3.05) is 20.1 Å². The molecule has 1 saturated heterocycles. The molecule has 1 amide bonds. The molecule has 0 aliphatic carbocycles. The standard InChI is InChI=1S/C21H26N2O2.ClH/c1-23(19-10-6-13-22-14-12-19)21(24)18-9-5-11-20(15-18)25-16-17-7-3-2-4-8-17;/h2-5,7-9,11,15,19,22H,6,10,12-14,16H2,1H3;1H. The molecule has 0 radical (unpaired) electrons. The first-order chi connectivity index (χ1) is 12.2. The lowest BCUT2D eigenvalue weighted by atomic mass is 10.1. The molecular formula is C21H27ClN2O2. The van der Waals surface area contributed by atoms with Crippen molar-refractivity contribution in [3.63, 3.8) is 0 Å². The summed E-state index contributed by atoms with van der Waals surface area (Å²) < 4.78 is 5.85. The number of carbonyl (C=O) groups excluding carboxylic acids is 1. The number of nitrogens with one attached hydrogen (secondary N) is 1. The van der Waals surface area contributed by atoms with E-state index in [1.807, 2.05) is 66.5 Å². The Morgan fingerprint density at radius 1 is 1.12 bits per heavy atom. The monoisotopic (exact) mass is 374 g/mol. The summed E-state index contributed by atoms with van der Waals surface area (Å²) in [5.74, 6) is 0.794. The third-order valence-corrected chi connectivity index (χ3v) is 4.74. The van der Waals surface area contributed by atoms with Crippen LogP contribution in [0.15, 0.2) is 54.6 Å². The maximum atomic E-state index is 12.8. The SMILES string of the molecule is CN(C(=O)c1cccc(OCc2ccccc2)c1)C1CCCNCC1.Cl. The quantitative estimate of drug-likeness (QED) is 0.862. The lowest BCUT2D eigenvalue weighted by Gasteiger charge is -2.27. The highest BCUT2D eigenvalue weighted by Gasteiger charge is 2.22. The topological polar surface area (TPSA) is 41.6 Å². The maximum Gasteiger partial charge on any atom is 0.253 e. The fourth-order valence-electron chi connectivity index (χ4n) is 3.22. The van der Waals surface area contributed by atoms with Gasteiger partial charge in [0.05, 0.1) is 0 Å². The second-order valence-electron chi connectivity index (χ2n) is 6.55. The first kappa shape index (κ1) is 20.3. The molecule has 1 atom stereocenters. The molecule has 1 N–H and O–H groups in total. The number of hydrogen-bond acceptors (Lipinski definition) is 3. The predicted octanol–water partition coefficient (Wildman–Crippen LogP) is 3.90. The van der Waals surface area contributed by atoms with E-state index in [9.17, 15) is 4.79 Å². The number of benzene rings is 2. The van der Waals surface area contributed by atoms with E-state index in [0.717, 1.165) is 43.7 Å². The summed E-state index contributed by atoms with van der Waals surface area (Å²) in [6.45, 7) is 2.52. The van der Waals surface area contributed by atoms with Crippen LogP contribution in [0.2, 0.25) is 0 Å². The number of ether oxygens (including phenoxy) is 1. The van der Waals surface area contributed by atoms with Gasteiger partial charge in [-0.05, 0) is 56.1 Å². The number of nitrogens with zero attached hydrogens (tertiary/aromatic N) is 1. The number of hydrogen-bond donors (Lipinski definition) is 1. The molecule has 0 aromatic heterocycles. The summed E-state index contributed by atoms with van der Waals surface area (Å²) in [6, 6.07) is 17.8. The Kier molecular flexibility index (Phi) is 7.95. The van der Waals surface area contributed by atoms with Crippen LogP contribution in [0.1, 0.15) is 35.2 Å². The fourth-order valence-corrected chi connectivity index (χ4v) is 3.22. The Balaban J connectivity index is 0.00000243. The highest BCUT2D eigenvalue weighted by atomic mass is 35.5. The minimum Gasteiger partial charge on any atom is -0.489 e. The van der Waals surface area contributed by atoms with Crippen molar-refractivity contribution in [1.29, 1.82) is 0 Å². The largest absolute Gasteiger partial charge is 0.489 e. The molecule has 1 aliphatic heterocycles. The zero-order valence-corrected chi connectivity index (χ0v) is 16.0. The minimum atomic E-state index is 0. The Bertz CT molecular complexity index is 685. The van der Waals surface area contributed by atoms with Gasteiger partial charge in [0.25, 0.3) is 5.91 Å². The smallest absolute Gasteiger partial charge is 0.253 e. The highest BCUT2D eigenvalue weighted by Crippen LogP contribution is 2.19. The molecule has 2 aromatic carbocycles. The summed E-state index contributed by atoms with van der Waals surface area (Å²) in [7, 11) is 1.91. The van der Waals surface area contributed by atoms with Gasteiger partial charge in [-0.3, -0.25) is 4.79 Å². The normalized spacial score (nSPS) is 16.9. The molecule has 0 spiro atoms. The predicted molar refractivity (Wildman–Crippen MR) is 107 cm³/mol. The van der Waals surface area contributed by atoms with Crippen LogP contribution in [0.25, 0.3) is 0 Å². The first-order valence-corrected chi connectivity index (χ1v) is 8.99. The van der Waals surface area contributed by atoms with Crippen LogP contribution < -0.4 is 10.1 Å². The summed E-state index contributed by atoms with van der Waals surface area (Å²) in [5.41, 5.74) is 1.80. The van der Waals surface area contributed by atoms with E-state index in [2.05, 4.69) is 5.32 Å². The van der Waals surface area contributed by atoms with E-state index in [-0.39, 0.29) is 18.3 Å². The molecule has 0 saturated carbocycles. The summed E-state index contributed by atoms with van der Waals surface area (Å²) in [6.07, 6.45) is 3.17. The molecule has 1 unspecified atom stereocenters. The molecule has 1 heterocycles. The van der Waals surface area contributed by atoms with Crippen LogP contribution in [0.3, 0.4) is 0 Å². The molecular weight excluding hydrogens is 348 g/mol. The van der Waals surface area contributed by atoms with E-state index in [1.165, 1.54) is 0 Å². The minimum absolute atomic E-state index is 0. The Labute approximate surface area is 162 Å². The van der Waals surface area contributed by atoms with Crippen molar-refractivity contribution in [2.45, 2.75) is 31.9 Å². The fraction of sp³-hybridized carbons (Fsp3) is 0.381. The Morgan fingerprint density at radius 3 is 2.73 bits per heavy atom. The van der Waals surface area contributed by atoms with Crippen molar-refractivity contribution >= 4 is 18.3 Å². The van der Waals surface area contributed by atoms with Gasteiger partial charge in [0, 0.05) is 18.7 Å². The zero-order chi connectivity index (χ0) is 17.5. The number of halogens is 1. The van der Waals surface area contributed by atoms with Gasteiger partial charge in [-0.15, -0.1) is 12.4 Å². The van der Waals surface area contributed by atoms with Crippen molar-refractivity contribution in [3.05, 3.63) is 65.7 Å². The van der Waals surface area contributed by atoms with Crippen LogP contribution in [0, 0.1) is 0 Å². The molecule has 1 aliphatic rings. The molecule has 2 aromatic rings. The van der Waals surface area contributed by atoms with Crippen molar-refractivity contribution in [3.8, 4) is 5.75 Å². The van der Waals surface area contributed by atoms with Gasteiger partial charge in [-0.25, -0.2) is 0 Å². The maximum absolute atomic E-state index is 12.8. The molecule has 140 valence electrons. The van der Waals surface area contributed by atoms with Crippen molar-refractivity contribution < 1.29 is 9.53 Å². The molecule has 0 bridgehead atoms. The summed E-state index contributed by atoms with van der Waals surface area (Å²) in [5, 5.41) is 3.39. The average Bonchev–Trinajstić information content (AvgIpc) is 2.96. The van der Waals surface area contributed by atoms with Crippen molar-refractivity contribution in [2.24, 2.45) is 0 Å². The van der Waals surface area contributed by atoms with Crippen LogP contribution in [0.5, 0.6) is 5.75 Å². The lowest BCUT2D eigenvalue weighted by molar-refractivity contribution is 0.0720. The second-order valence-corrected chi connectivity index (χ2v) is 6.55. The summed E-state index contributed by atoms with van der Waals surface area (Å²) >= 11 is 0. The van der Waals surface area contributed by atoms with Gasteiger partial charge < -0.3 is 15.0 Å². The highest BCUT2D eigenvalue weighted by molar-refractivity contribution is 5.94. The summed E-state index contributed by atoms with van der Waals surface area (Å²) in [4.78, 5) is 14.7. The molecule has 4 nitrogen and oxygen atoms in total. The Morgan fingerprint density at radius 2 is 1.92 bits per heavy atom. The molecule has 1 fully saturated rings.